The van der Waals surface area contributed by atoms with E-state index in [1.165, 1.54) is 24.1 Å². The summed E-state index contributed by atoms with van der Waals surface area (Å²) in [5.74, 6) is 0.717. The van der Waals surface area contributed by atoms with Crippen molar-refractivity contribution in [1.82, 2.24) is 14.9 Å². The van der Waals surface area contributed by atoms with Crippen molar-refractivity contribution < 1.29 is 9.84 Å². The molecular weight excluding hydrogens is 320 g/mol. The van der Waals surface area contributed by atoms with Crippen LogP contribution in [-0.2, 0) is 0 Å². The Morgan fingerprint density at radius 2 is 1.92 bits per heavy atom. The Labute approximate surface area is 143 Å². The molecule has 0 spiro atoms. The van der Waals surface area contributed by atoms with E-state index < -0.39 is 0 Å². The van der Waals surface area contributed by atoms with Gasteiger partial charge in [0.1, 0.15) is 0 Å². The van der Waals surface area contributed by atoms with Gasteiger partial charge in [-0.3, -0.25) is 4.79 Å². The monoisotopic (exact) mass is 336 g/mol. The number of aromatic nitrogens is 3. The van der Waals surface area contributed by atoms with Crippen LogP contribution < -0.4 is 10.3 Å². The van der Waals surface area contributed by atoms with Gasteiger partial charge >= 0.3 is 5.56 Å². The summed E-state index contributed by atoms with van der Waals surface area (Å²) in [6.45, 7) is 1.64. The van der Waals surface area contributed by atoms with Crippen LogP contribution in [0.4, 0.5) is 0 Å². The quantitative estimate of drug-likeness (QED) is 0.738. The fraction of sp³-hybridized carbons (Fsp3) is 0.111. The molecule has 0 bridgehead atoms. The molecule has 0 saturated carbocycles. The SMILES string of the molecule is COc1ccc(C=Nn2c(C)nnc(-c3ccccc3)c2=O)cc1O. The average Bonchev–Trinajstić information content (AvgIpc) is 2.62. The van der Waals surface area contributed by atoms with Crippen LogP contribution in [0.25, 0.3) is 11.3 Å². The first-order chi connectivity index (χ1) is 12.1. The van der Waals surface area contributed by atoms with Crippen molar-refractivity contribution in [3.63, 3.8) is 0 Å². The second kappa shape index (κ2) is 6.96. The number of hydrogen-bond acceptors (Lipinski definition) is 6. The number of benzene rings is 2. The summed E-state index contributed by atoms with van der Waals surface area (Å²) in [7, 11) is 1.47. The van der Waals surface area contributed by atoms with Crippen LogP contribution in [0.1, 0.15) is 11.4 Å². The molecule has 0 atom stereocenters. The standard InChI is InChI=1S/C18H16N4O3/c1-12-20-21-17(14-6-4-3-5-7-14)18(24)22(12)19-11-13-8-9-16(25-2)15(23)10-13/h3-11,23H,1-2H3. The minimum absolute atomic E-state index is 0.00616. The van der Waals surface area contributed by atoms with Gasteiger partial charge in [-0.25, -0.2) is 0 Å². The third-order valence-corrected chi connectivity index (χ3v) is 3.57. The van der Waals surface area contributed by atoms with Crippen molar-refractivity contribution >= 4 is 6.21 Å². The highest BCUT2D eigenvalue weighted by Crippen LogP contribution is 2.25. The van der Waals surface area contributed by atoms with Crippen LogP contribution in [0.3, 0.4) is 0 Å². The average molecular weight is 336 g/mol. The third-order valence-electron chi connectivity index (χ3n) is 3.57. The van der Waals surface area contributed by atoms with Gasteiger partial charge < -0.3 is 9.84 Å². The molecule has 0 fully saturated rings. The van der Waals surface area contributed by atoms with E-state index in [9.17, 15) is 9.90 Å². The van der Waals surface area contributed by atoms with E-state index in [0.717, 1.165) is 0 Å². The van der Waals surface area contributed by atoms with Crippen molar-refractivity contribution in [1.29, 1.82) is 0 Å². The minimum Gasteiger partial charge on any atom is -0.504 e. The molecule has 0 aliphatic rings. The summed E-state index contributed by atoms with van der Waals surface area (Å²) in [4.78, 5) is 12.7. The lowest BCUT2D eigenvalue weighted by Crippen LogP contribution is -2.23. The molecule has 0 radical (unpaired) electrons. The number of nitrogens with zero attached hydrogens (tertiary/aromatic N) is 4. The molecule has 126 valence electrons. The number of hydrogen-bond donors (Lipinski definition) is 1. The fourth-order valence-corrected chi connectivity index (χ4v) is 2.28. The Kier molecular flexibility index (Phi) is 4.56. The number of phenolic OH excluding ortho intramolecular Hbond substituents is 1. The van der Waals surface area contributed by atoms with Gasteiger partial charge in [0, 0.05) is 5.56 Å². The van der Waals surface area contributed by atoms with Gasteiger partial charge in [-0.05, 0) is 30.7 Å². The van der Waals surface area contributed by atoms with Crippen LogP contribution in [0.2, 0.25) is 0 Å². The Hall–Kier alpha value is -3.48. The highest BCUT2D eigenvalue weighted by molar-refractivity contribution is 5.80. The topological polar surface area (TPSA) is 89.6 Å². The molecule has 0 amide bonds. The molecule has 0 aliphatic heterocycles. The largest absolute Gasteiger partial charge is 0.504 e. The maximum absolute atomic E-state index is 12.7. The number of phenols is 1. The predicted molar refractivity (Wildman–Crippen MR) is 94.1 cm³/mol. The molecule has 1 aromatic heterocycles. The Morgan fingerprint density at radius 3 is 2.60 bits per heavy atom. The van der Waals surface area contributed by atoms with Gasteiger partial charge in [0.05, 0.1) is 13.3 Å². The zero-order chi connectivity index (χ0) is 17.8. The van der Waals surface area contributed by atoms with E-state index in [1.807, 2.05) is 18.2 Å². The fourth-order valence-electron chi connectivity index (χ4n) is 2.28. The van der Waals surface area contributed by atoms with Gasteiger partial charge in [0.2, 0.25) is 0 Å². The number of ether oxygens (including phenoxy) is 1. The van der Waals surface area contributed by atoms with Gasteiger partial charge in [0.15, 0.2) is 23.0 Å². The van der Waals surface area contributed by atoms with Gasteiger partial charge in [-0.1, -0.05) is 30.3 Å². The highest BCUT2D eigenvalue weighted by Gasteiger charge is 2.10. The molecule has 1 heterocycles. The van der Waals surface area contributed by atoms with E-state index in [2.05, 4.69) is 15.3 Å². The molecule has 7 nitrogen and oxygen atoms in total. The van der Waals surface area contributed by atoms with E-state index >= 15 is 0 Å². The maximum Gasteiger partial charge on any atom is 0.301 e. The van der Waals surface area contributed by atoms with E-state index in [0.29, 0.717) is 22.7 Å². The minimum atomic E-state index is -0.368. The van der Waals surface area contributed by atoms with Crippen LogP contribution in [0.15, 0.2) is 58.4 Å². The summed E-state index contributed by atoms with van der Waals surface area (Å²) >= 11 is 0. The molecule has 3 aromatic rings. The molecule has 0 saturated heterocycles. The second-order valence-electron chi connectivity index (χ2n) is 5.25. The number of methoxy groups -OCH3 is 1. The molecule has 7 heteroatoms. The predicted octanol–water partition coefficient (Wildman–Crippen LogP) is 2.21. The molecule has 0 unspecified atom stereocenters. The first-order valence-electron chi connectivity index (χ1n) is 7.53. The van der Waals surface area contributed by atoms with E-state index in [1.54, 1.807) is 31.2 Å². The zero-order valence-corrected chi connectivity index (χ0v) is 13.7. The van der Waals surface area contributed by atoms with Crippen molar-refractivity contribution in [2.45, 2.75) is 6.92 Å². The molecule has 2 aromatic carbocycles. The van der Waals surface area contributed by atoms with Crippen LogP contribution in [0, 0.1) is 6.92 Å². The molecule has 0 aliphatic carbocycles. The lowest BCUT2D eigenvalue weighted by Gasteiger charge is -2.06. The van der Waals surface area contributed by atoms with Crippen LogP contribution in [0.5, 0.6) is 11.5 Å². The smallest absolute Gasteiger partial charge is 0.301 e. The number of aryl methyl sites for hydroxylation is 1. The molecule has 3 rings (SSSR count). The number of rotatable bonds is 4. The summed E-state index contributed by atoms with van der Waals surface area (Å²) in [5.41, 5.74) is 1.14. The van der Waals surface area contributed by atoms with Gasteiger partial charge in [-0.15, -0.1) is 10.2 Å². The second-order valence-corrected chi connectivity index (χ2v) is 5.25. The van der Waals surface area contributed by atoms with E-state index in [-0.39, 0.29) is 17.0 Å². The molecule has 1 N–H and O–H groups in total. The van der Waals surface area contributed by atoms with E-state index in [4.69, 9.17) is 4.74 Å². The summed E-state index contributed by atoms with van der Waals surface area (Å²) in [5, 5.41) is 22.0. The molecule has 25 heavy (non-hydrogen) atoms. The number of aromatic hydroxyl groups is 1. The van der Waals surface area contributed by atoms with Crippen molar-refractivity contribution in [3.05, 3.63) is 70.3 Å². The summed E-state index contributed by atoms with van der Waals surface area (Å²) in [6, 6.07) is 13.9. The van der Waals surface area contributed by atoms with Crippen molar-refractivity contribution in [3.8, 4) is 22.8 Å². The third kappa shape index (κ3) is 3.40. The first-order valence-corrected chi connectivity index (χ1v) is 7.53. The first kappa shape index (κ1) is 16.4. The maximum atomic E-state index is 12.7. The Balaban J connectivity index is 2.00. The zero-order valence-electron chi connectivity index (χ0n) is 13.7. The summed E-state index contributed by atoms with van der Waals surface area (Å²) in [6.07, 6.45) is 1.46. The van der Waals surface area contributed by atoms with Crippen LogP contribution in [-0.4, -0.2) is 33.3 Å². The van der Waals surface area contributed by atoms with Gasteiger partial charge in [-0.2, -0.15) is 9.78 Å². The van der Waals surface area contributed by atoms with Crippen molar-refractivity contribution in [2.75, 3.05) is 7.11 Å². The van der Waals surface area contributed by atoms with Crippen LogP contribution >= 0.6 is 0 Å². The lowest BCUT2D eigenvalue weighted by molar-refractivity contribution is 0.373. The normalized spacial score (nSPS) is 11.0. The summed E-state index contributed by atoms with van der Waals surface area (Å²) < 4.78 is 6.17. The highest BCUT2D eigenvalue weighted by atomic mass is 16.5. The van der Waals surface area contributed by atoms with Gasteiger partial charge in [0.25, 0.3) is 0 Å². The molecular formula is C18H16N4O3. The Bertz CT molecular complexity index is 981. The lowest BCUT2D eigenvalue weighted by atomic mass is 10.2. The Morgan fingerprint density at radius 1 is 1.16 bits per heavy atom. The van der Waals surface area contributed by atoms with Crippen molar-refractivity contribution in [2.24, 2.45) is 5.10 Å².